The molecule has 1 aliphatic rings. The van der Waals surface area contributed by atoms with E-state index in [-0.39, 0.29) is 11.8 Å². The third-order valence-electron chi connectivity index (χ3n) is 3.03. The number of aryl methyl sites for hydroxylation is 1. The van der Waals surface area contributed by atoms with Gasteiger partial charge in [0, 0.05) is 24.5 Å². The monoisotopic (exact) mass is 254 g/mol. The Kier molecular flexibility index (Phi) is 3.79. The van der Waals surface area contributed by atoms with E-state index in [0.717, 1.165) is 24.1 Å². The van der Waals surface area contributed by atoms with Crippen molar-refractivity contribution in [1.29, 1.82) is 0 Å². The molecule has 0 amide bonds. The summed E-state index contributed by atoms with van der Waals surface area (Å²) in [5.41, 5.74) is 2.09. The number of hydrogen-bond donors (Lipinski definition) is 1. The maximum Gasteiger partial charge on any atom is 0.151 e. The molecule has 1 aromatic heterocycles. The van der Waals surface area contributed by atoms with Gasteiger partial charge in [0.1, 0.15) is 0 Å². The van der Waals surface area contributed by atoms with Gasteiger partial charge in [-0.1, -0.05) is 6.07 Å². The number of sulfone groups is 1. The van der Waals surface area contributed by atoms with Crippen LogP contribution in [0.15, 0.2) is 18.3 Å². The summed E-state index contributed by atoms with van der Waals surface area (Å²) in [7, 11) is -2.82. The van der Waals surface area contributed by atoms with Crippen LogP contribution < -0.4 is 5.32 Å². The molecular weight excluding hydrogens is 236 g/mol. The molecule has 17 heavy (non-hydrogen) atoms. The van der Waals surface area contributed by atoms with Gasteiger partial charge < -0.3 is 5.32 Å². The van der Waals surface area contributed by atoms with Crippen LogP contribution in [0.5, 0.6) is 0 Å². The molecule has 4 nitrogen and oxygen atoms in total. The summed E-state index contributed by atoms with van der Waals surface area (Å²) in [6.07, 6.45) is 3.55. The average molecular weight is 254 g/mol. The van der Waals surface area contributed by atoms with Gasteiger partial charge in [0.2, 0.25) is 0 Å². The van der Waals surface area contributed by atoms with Gasteiger partial charge in [-0.3, -0.25) is 4.98 Å². The summed E-state index contributed by atoms with van der Waals surface area (Å²) in [6.45, 7) is 2.64. The lowest BCUT2D eigenvalue weighted by Crippen LogP contribution is -2.39. The van der Waals surface area contributed by atoms with Gasteiger partial charge in [-0.15, -0.1) is 0 Å². The zero-order valence-electron chi connectivity index (χ0n) is 10.0. The van der Waals surface area contributed by atoms with Gasteiger partial charge in [-0.25, -0.2) is 8.42 Å². The molecule has 2 heterocycles. The van der Waals surface area contributed by atoms with Gasteiger partial charge >= 0.3 is 0 Å². The van der Waals surface area contributed by atoms with Crippen molar-refractivity contribution in [2.24, 2.45) is 0 Å². The number of nitrogens with one attached hydrogen (secondary N) is 1. The van der Waals surface area contributed by atoms with E-state index >= 15 is 0 Å². The lowest BCUT2D eigenvalue weighted by Gasteiger charge is -2.23. The molecule has 1 saturated heterocycles. The minimum atomic E-state index is -2.82. The maximum absolute atomic E-state index is 11.5. The Morgan fingerprint density at radius 1 is 1.47 bits per heavy atom. The van der Waals surface area contributed by atoms with Gasteiger partial charge in [-0.05, 0) is 31.4 Å². The highest BCUT2D eigenvalue weighted by atomic mass is 32.2. The molecule has 1 aromatic rings. The van der Waals surface area contributed by atoms with E-state index in [1.165, 1.54) is 0 Å². The van der Waals surface area contributed by atoms with E-state index < -0.39 is 9.84 Å². The predicted molar refractivity (Wildman–Crippen MR) is 67.5 cm³/mol. The largest absolute Gasteiger partial charge is 0.309 e. The number of nitrogens with zero attached hydrogens (tertiary/aromatic N) is 1. The van der Waals surface area contributed by atoms with Crippen LogP contribution in [-0.4, -0.2) is 30.9 Å². The lowest BCUT2D eigenvalue weighted by atomic mass is 10.1. The molecular formula is C12H18N2O2S. The fraction of sp³-hybridized carbons (Fsp3) is 0.583. The van der Waals surface area contributed by atoms with Crippen LogP contribution in [0, 0.1) is 6.92 Å². The quantitative estimate of drug-likeness (QED) is 0.876. The molecule has 1 atom stereocenters. The van der Waals surface area contributed by atoms with Crippen LogP contribution in [0.4, 0.5) is 0 Å². The number of aromatic nitrogens is 1. The van der Waals surface area contributed by atoms with Crippen molar-refractivity contribution < 1.29 is 8.42 Å². The van der Waals surface area contributed by atoms with Crippen molar-refractivity contribution in [3.05, 3.63) is 29.6 Å². The predicted octanol–water partition coefficient (Wildman–Crippen LogP) is 1.06. The summed E-state index contributed by atoms with van der Waals surface area (Å²) in [5.74, 6) is 0.615. The van der Waals surface area contributed by atoms with Crippen LogP contribution >= 0.6 is 0 Å². The minimum Gasteiger partial charge on any atom is -0.309 e. The van der Waals surface area contributed by atoms with Crippen LogP contribution in [0.3, 0.4) is 0 Å². The fourth-order valence-corrected chi connectivity index (χ4v) is 3.72. The van der Waals surface area contributed by atoms with E-state index in [9.17, 15) is 8.42 Å². The lowest BCUT2D eigenvalue weighted by molar-refractivity contribution is 0.480. The van der Waals surface area contributed by atoms with Crippen LogP contribution in [-0.2, 0) is 16.4 Å². The Bertz CT molecular complexity index is 468. The average Bonchev–Trinajstić information content (AvgIpc) is 2.27. The molecule has 1 aliphatic heterocycles. The Morgan fingerprint density at radius 2 is 2.29 bits per heavy atom. The van der Waals surface area contributed by atoms with Crippen molar-refractivity contribution in [3.63, 3.8) is 0 Å². The smallest absolute Gasteiger partial charge is 0.151 e. The Morgan fingerprint density at radius 3 is 2.94 bits per heavy atom. The molecule has 1 N–H and O–H groups in total. The van der Waals surface area contributed by atoms with Crippen LogP contribution in [0.1, 0.15) is 24.1 Å². The van der Waals surface area contributed by atoms with Crippen LogP contribution in [0.25, 0.3) is 0 Å². The normalized spacial score (nSPS) is 23.5. The number of hydrogen-bond acceptors (Lipinski definition) is 4. The highest BCUT2D eigenvalue weighted by Crippen LogP contribution is 2.12. The second-order valence-corrected chi connectivity index (χ2v) is 6.87. The zero-order valence-corrected chi connectivity index (χ0v) is 10.8. The second kappa shape index (κ2) is 5.14. The van der Waals surface area contributed by atoms with Crippen molar-refractivity contribution in [2.45, 2.75) is 32.4 Å². The van der Waals surface area contributed by atoms with Crippen LogP contribution in [0.2, 0.25) is 0 Å². The van der Waals surface area contributed by atoms with Crippen molar-refractivity contribution in [1.82, 2.24) is 10.3 Å². The highest BCUT2D eigenvalue weighted by Gasteiger charge is 2.23. The molecule has 0 saturated carbocycles. The van der Waals surface area contributed by atoms with E-state index in [4.69, 9.17) is 0 Å². The first-order valence-electron chi connectivity index (χ1n) is 5.90. The van der Waals surface area contributed by atoms with Crippen molar-refractivity contribution in [2.75, 3.05) is 11.5 Å². The van der Waals surface area contributed by atoms with Crippen molar-refractivity contribution in [3.8, 4) is 0 Å². The first-order valence-corrected chi connectivity index (χ1v) is 7.73. The van der Waals surface area contributed by atoms with E-state index in [1.807, 2.05) is 25.3 Å². The summed E-state index contributed by atoms with van der Waals surface area (Å²) >= 11 is 0. The molecule has 0 aromatic carbocycles. The molecule has 2 rings (SSSR count). The minimum absolute atomic E-state index is 0.0926. The third kappa shape index (κ3) is 3.78. The first kappa shape index (κ1) is 12.5. The van der Waals surface area contributed by atoms with Gasteiger partial charge in [0.05, 0.1) is 11.5 Å². The van der Waals surface area contributed by atoms with Crippen molar-refractivity contribution >= 4 is 9.84 Å². The highest BCUT2D eigenvalue weighted by molar-refractivity contribution is 7.91. The Labute approximate surface area is 102 Å². The zero-order chi connectivity index (χ0) is 12.3. The molecule has 0 bridgehead atoms. The van der Waals surface area contributed by atoms with E-state index in [0.29, 0.717) is 12.3 Å². The molecule has 1 fully saturated rings. The van der Waals surface area contributed by atoms with E-state index in [2.05, 4.69) is 10.3 Å². The SMILES string of the molecule is Cc1ccc(CNC2CCCS(=O)(=O)C2)cn1. The number of rotatable bonds is 3. The summed E-state index contributed by atoms with van der Waals surface area (Å²) in [6, 6.07) is 4.08. The Balaban J connectivity index is 1.88. The number of pyridine rings is 1. The fourth-order valence-electron chi connectivity index (χ4n) is 2.05. The first-order chi connectivity index (χ1) is 8.05. The van der Waals surface area contributed by atoms with Gasteiger partial charge in [0.15, 0.2) is 9.84 Å². The molecule has 0 aliphatic carbocycles. The summed E-state index contributed by atoms with van der Waals surface area (Å²) in [4.78, 5) is 4.21. The van der Waals surface area contributed by atoms with Gasteiger partial charge in [0.25, 0.3) is 0 Å². The summed E-state index contributed by atoms with van der Waals surface area (Å²) in [5, 5.41) is 3.29. The molecule has 0 spiro atoms. The molecule has 94 valence electrons. The third-order valence-corrected chi connectivity index (χ3v) is 4.85. The molecule has 1 unspecified atom stereocenters. The van der Waals surface area contributed by atoms with E-state index in [1.54, 1.807) is 0 Å². The Hall–Kier alpha value is -0.940. The molecule has 0 radical (unpaired) electrons. The molecule has 5 heteroatoms. The van der Waals surface area contributed by atoms with Gasteiger partial charge in [-0.2, -0.15) is 0 Å². The topological polar surface area (TPSA) is 59.1 Å². The second-order valence-electron chi connectivity index (χ2n) is 4.64. The maximum atomic E-state index is 11.5. The summed E-state index contributed by atoms with van der Waals surface area (Å²) < 4.78 is 22.9. The standard InChI is InChI=1S/C12H18N2O2S/c1-10-4-5-11(7-13-10)8-14-12-3-2-6-17(15,16)9-12/h4-5,7,12,14H,2-3,6,8-9H2,1H3.